The number of anilines is 1. The fourth-order valence-corrected chi connectivity index (χ4v) is 3.41. The Bertz CT molecular complexity index is 1100. The molecule has 0 saturated carbocycles. The molecule has 0 aliphatic heterocycles. The van der Waals surface area contributed by atoms with Crippen LogP contribution in [0.25, 0.3) is 0 Å². The molecule has 172 valence electrons. The summed E-state index contributed by atoms with van der Waals surface area (Å²) in [4.78, 5) is 24.6. The van der Waals surface area contributed by atoms with Crippen LogP contribution in [0.2, 0.25) is 0 Å². The van der Waals surface area contributed by atoms with Crippen LogP contribution in [0, 0.1) is 13.8 Å². The van der Waals surface area contributed by atoms with Gasteiger partial charge in [0.25, 0.3) is 5.91 Å². The van der Waals surface area contributed by atoms with E-state index in [-0.39, 0.29) is 12.5 Å². The molecule has 1 amide bonds. The Balaban J connectivity index is 1.74. The van der Waals surface area contributed by atoms with Crippen LogP contribution in [0.3, 0.4) is 0 Å². The third-order valence-corrected chi connectivity index (χ3v) is 4.87. The Labute approximate surface area is 194 Å². The van der Waals surface area contributed by atoms with E-state index in [0.717, 1.165) is 22.4 Å². The molecular formula is C27H29NO5. The molecule has 0 heterocycles. The lowest BCUT2D eigenvalue weighted by Crippen LogP contribution is -2.13. The molecule has 0 aliphatic carbocycles. The van der Waals surface area contributed by atoms with Crippen molar-refractivity contribution in [3.05, 3.63) is 88.5 Å². The van der Waals surface area contributed by atoms with Crippen LogP contribution in [0.4, 0.5) is 5.69 Å². The number of amides is 1. The highest BCUT2D eigenvalue weighted by molar-refractivity contribution is 6.04. The van der Waals surface area contributed by atoms with Crippen molar-refractivity contribution in [1.29, 1.82) is 0 Å². The zero-order valence-electron chi connectivity index (χ0n) is 19.4. The molecule has 3 rings (SSSR count). The molecule has 3 aromatic rings. The summed E-state index contributed by atoms with van der Waals surface area (Å²) >= 11 is 0. The minimum atomic E-state index is -0.393. The van der Waals surface area contributed by atoms with Crippen molar-refractivity contribution in [1.82, 2.24) is 0 Å². The number of hydrogen-bond donors (Lipinski definition) is 1. The molecule has 0 radical (unpaired) electrons. The van der Waals surface area contributed by atoms with Gasteiger partial charge in [0.2, 0.25) is 0 Å². The molecule has 1 N–H and O–H groups in total. The van der Waals surface area contributed by atoms with Gasteiger partial charge in [-0.25, -0.2) is 4.79 Å². The van der Waals surface area contributed by atoms with Gasteiger partial charge in [0.1, 0.15) is 18.1 Å². The van der Waals surface area contributed by atoms with E-state index in [4.69, 9.17) is 14.2 Å². The van der Waals surface area contributed by atoms with Crippen LogP contribution in [-0.2, 0) is 11.3 Å². The van der Waals surface area contributed by atoms with Crippen molar-refractivity contribution in [3.8, 4) is 11.5 Å². The minimum Gasteiger partial charge on any atom is -0.493 e. The summed E-state index contributed by atoms with van der Waals surface area (Å²) < 4.78 is 16.7. The van der Waals surface area contributed by atoms with Gasteiger partial charge in [0.15, 0.2) is 0 Å². The van der Waals surface area contributed by atoms with Crippen molar-refractivity contribution < 1.29 is 23.8 Å². The van der Waals surface area contributed by atoms with Crippen LogP contribution < -0.4 is 14.8 Å². The number of ether oxygens (including phenoxy) is 3. The number of benzene rings is 3. The Kier molecular flexibility index (Phi) is 8.08. The second kappa shape index (κ2) is 11.2. The van der Waals surface area contributed by atoms with Gasteiger partial charge in [-0.05, 0) is 93.4 Å². The van der Waals surface area contributed by atoms with Crippen molar-refractivity contribution in [2.75, 3.05) is 18.5 Å². The van der Waals surface area contributed by atoms with E-state index >= 15 is 0 Å². The lowest BCUT2D eigenvalue weighted by atomic mass is 10.1. The number of rotatable bonds is 9. The van der Waals surface area contributed by atoms with E-state index in [1.165, 1.54) is 0 Å². The lowest BCUT2D eigenvalue weighted by molar-refractivity contribution is 0.0526. The number of carbonyl (C=O) groups is 2. The summed E-state index contributed by atoms with van der Waals surface area (Å²) in [6.07, 6.45) is 0. The first-order valence-corrected chi connectivity index (χ1v) is 10.9. The second-order valence-corrected chi connectivity index (χ2v) is 7.62. The van der Waals surface area contributed by atoms with Gasteiger partial charge in [0.05, 0.1) is 18.8 Å². The Morgan fingerprint density at radius 2 is 1.45 bits per heavy atom. The third-order valence-electron chi connectivity index (χ3n) is 4.87. The molecule has 0 aliphatic rings. The molecule has 6 heteroatoms. The second-order valence-electron chi connectivity index (χ2n) is 7.62. The van der Waals surface area contributed by atoms with Gasteiger partial charge in [-0.2, -0.15) is 0 Å². The largest absolute Gasteiger partial charge is 0.493 e. The minimum absolute atomic E-state index is 0.269. The van der Waals surface area contributed by atoms with E-state index in [0.29, 0.717) is 35.8 Å². The summed E-state index contributed by atoms with van der Waals surface area (Å²) in [5.74, 6) is 0.786. The van der Waals surface area contributed by atoms with Crippen molar-refractivity contribution in [3.63, 3.8) is 0 Å². The van der Waals surface area contributed by atoms with Gasteiger partial charge in [0, 0.05) is 16.8 Å². The van der Waals surface area contributed by atoms with E-state index in [2.05, 4.69) is 11.4 Å². The summed E-state index contributed by atoms with van der Waals surface area (Å²) in [6, 6.07) is 17.9. The maximum atomic E-state index is 12.8. The highest BCUT2D eigenvalue weighted by Gasteiger charge is 2.13. The first kappa shape index (κ1) is 23.9. The average molecular weight is 448 g/mol. The summed E-state index contributed by atoms with van der Waals surface area (Å²) in [6.45, 7) is 8.80. The van der Waals surface area contributed by atoms with Crippen LogP contribution in [-0.4, -0.2) is 25.1 Å². The predicted octanol–water partition coefficient (Wildman–Crippen LogP) is 5.71. The molecule has 0 fully saturated rings. The van der Waals surface area contributed by atoms with Crippen LogP contribution in [0.5, 0.6) is 11.5 Å². The normalized spacial score (nSPS) is 10.4. The topological polar surface area (TPSA) is 73.9 Å². The SMILES string of the molecule is CCOC(=O)c1ccc(NC(=O)c2ccc(OCC)c(COc3cc(C)cc(C)c3)c2)cc1. The van der Waals surface area contributed by atoms with Gasteiger partial charge < -0.3 is 19.5 Å². The molecule has 3 aromatic carbocycles. The Hall–Kier alpha value is -3.80. The molecule has 33 heavy (non-hydrogen) atoms. The van der Waals surface area contributed by atoms with E-state index in [1.807, 2.05) is 32.9 Å². The summed E-state index contributed by atoms with van der Waals surface area (Å²) in [7, 11) is 0. The first-order valence-electron chi connectivity index (χ1n) is 10.9. The number of esters is 1. The zero-order chi connectivity index (χ0) is 23.8. The van der Waals surface area contributed by atoms with Gasteiger partial charge in [-0.3, -0.25) is 4.79 Å². The lowest BCUT2D eigenvalue weighted by Gasteiger charge is -2.14. The standard InChI is InChI=1S/C27H29NO5/c1-5-31-25-12-9-21(16-22(25)17-33-24-14-18(3)13-19(4)15-24)26(29)28-23-10-7-20(8-11-23)27(30)32-6-2/h7-16H,5-6,17H2,1-4H3,(H,28,29). The smallest absolute Gasteiger partial charge is 0.338 e. The molecule has 0 aromatic heterocycles. The van der Waals surface area contributed by atoms with Gasteiger partial charge >= 0.3 is 5.97 Å². The highest BCUT2D eigenvalue weighted by Crippen LogP contribution is 2.24. The van der Waals surface area contributed by atoms with Crippen LogP contribution in [0.1, 0.15) is 51.3 Å². The number of hydrogen-bond acceptors (Lipinski definition) is 5. The quantitative estimate of drug-likeness (QED) is 0.425. The van der Waals surface area contributed by atoms with Crippen LogP contribution >= 0.6 is 0 Å². The third kappa shape index (κ3) is 6.59. The van der Waals surface area contributed by atoms with E-state index in [1.54, 1.807) is 49.4 Å². The van der Waals surface area contributed by atoms with E-state index < -0.39 is 5.97 Å². The van der Waals surface area contributed by atoms with Crippen molar-refractivity contribution in [2.24, 2.45) is 0 Å². The fourth-order valence-electron chi connectivity index (χ4n) is 3.41. The van der Waals surface area contributed by atoms with Gasteiger partial charge in [-0.15, -0.1) is 0 Å². The molecule has 0 saturated heterocycles. The number of nitrogens with one attached hydrogen (secondary N) is 1. The number of carbonyl (C=O) groups excluding carboxylic acids is 2. The molecular weight excluding hydrogens is 418 g/mol. The maximum absolute atomic E-state index is 12.8. The summed E-state index contributed by atoms with van der Waals surface area (Å²) in [5, 5.41) is 2.85. The Morgan fingerprint density at radius 1 is 0.788 bits per heavy atom. The average Bonchev–Trinajstić information content (AvgIpc) is 2.78. The Morgan fingerprint density at radius 3 is 2.09 bits per heavy atom. The highest BCUT2D eigenvalue weighted by atomic mass is 16.5. The molecule has 6 nitrogen and oxygen atoms in total. The zero-order valence-corrected chi connectivity index (χ0v) is 19.4. The molecule has 0 spiro atoms. The fraction of sp³-hybridized carbons (Fsp3) is 0.259. The predicted molar refractivity (Wildman–Crippen MR) is 128 cm³/mol. The van der Waals surface area contributed by atoms with Crippen LogP contribution in [0.15, 0.2) is 60.7 Å². The maximum Gasteiger partial charge on any atom is 0.338 e. The number of aryl methyl sites for hydroxylation is 2. The molecule has 0 bridgehead atoms. The molecule has 0 atom stereocenters. The van der Waals surface area contributed by atoms with Crippen molar-refractivity contribution in [2.45, 2.75) is 34.3 Å². The monoisotopic (exact) mass is 447 g/mol. The first-order chi connectivity index (χ1) is 15.9. The van der Waals surface area contributed by atoms with Crippen molar-refractivity contribution >= 4 is 17.6 Å². The van der Waals surface area contributed by atoms with E-state index in [9.17, 15) is 9.59 Å². The molecule has 0 unspecified atom stereocenters. The van der Waals surface area contributed by atoms with Gasteiger partial charge in [-0.1, -0.05) is 6.07 Å². The summed E-state index contributed by atoms with van der Waals surface area (Å²) in [5.41, 5.74) is 4.51.